The Labute approximate surface area is 92.9 Å². The maximum atomic E-state index is 4.16. The van der Waals surface area contributed by atoms with Gasteiger partial charge in [-0.1, -0.05) is 27.7 Å². The molecule has 0 aromatic carbocycles. The van der Waals surface area contributed by atoms with Gasteiger partial charge in [0.2, 0.25) is 0 Å². The molecule has 0 spiro atoms. The second-order valence-corrected chi connectivity index (χ2v) is 5.09. The van der Waals surface area contributed by atoms with Gasteiger partial charge in [-0.3, -0.25) is 4.68 Å². The molecule has 0 saturated carbocycles. The minimum absolute atomic E-state index is 0.365. The monoisotopic (exact) mass is 209 g/mol. The van der Waals surface area contributed by atoms with E-state index in [9.17, 15) is 0 Å². The average molecular weight is 209 g/mol. The van der Waals surface area contributed by atoms with Crippen LogP contribution < -0.4 is 5.32 Å². The highest BCUT2D eigenvalue weighted by Gasteiger charge is 2.21. The molecule has 0 bridgehead atoms. The first-order chi connectivity index (χ1) is 7.02. The fraction of sp³-hybridized carbons (Fsp3) is 0.750. The number of nitrogens with one attached hydrogen (secondary N) is 1. The molecule has 3 heteroatoms. The highest BCUT2D eigenvalue weighted by atomic mass is 15.3. The van der Waals surface area contributed by atoms with Crippen LogP contribution in [0.2, 0.25) is 0 Å². The Kier molecular flexibility index (Phi) is 4.33. The van der Waals surface area contributed by atoms with Crippen molar-refractivity contribution in [3.05, 3.63) is 18.5 Å². The molecule has 1 heterocycles. The van der Waals surface area contributed by atoms with Gasteiger partial charge in [-0.05, 0) is 17.4 Å². The molecule has 0 fully saturated rings. The lowest BCUT2D eigenvalue weighted by Gasteiger charge is -2.29. The number of hydrogen-bond acceptors (Lipinski definition) is 2. The van der Waals surface area contributed by atoms with Crippen LogP contribution in [0.3, 0.4) is 0 Å². The first-order valence-corrected chi connectivity index (χ1v) is 5.70. The second kappa shape index (κ2) is 5.31. The van der Waals surface area contributed by atoms with Gasteiger partial charge < -0.3 is 5.32 Å². The molecule has 86 valence electrons. The van der Waals surface area contributed by atoms with Crippen molar-refractivity contribution in [1.29, 1.82) is 0 Å². The maximum Gasteiger partial charge on any atom is 0.0533 e. The Hall–Kier alpha value is -0.830. The summed E-state index contributed by atoms with van der Waals surface area (Å²) < 4.78 is 1.95. The van der Waals surface area contributed by atoms with Gasteiger partial charge in [-0.2, -0.15) is 5.10 Å². The molecule has 0 amide bonds. The quantitative estimate of drug-likeness (QED) is 0.728. The van der Waals surface area contributed by atoms with Gasteiger partial charge in [-0.15, -0.1) is 0 Å². The van der Waals surface area contributed by atoms with Crippen LogP contribution in [0.25, 0.3) is 0 Å². The molecule has 15 heavy (non-hydrogen) atoms. The van der Waals surface area contributed by atoms with Crippen LogP contribution in [0.15, 0.2) is 18.5 Å². The highest BCUT2D eigenvalue weighted by molar-refractivity contribution is 4.78. The summed E-state index contributed by atoms with van der Waals surface area (Å²) in [5.74, 6) is 0.703. The molecule has 0 radical (unpaired) electrons. The smallest absolute Gasteiger partial charge is 0.0533 e. The molecule has 0 aliphatic heterocycles. The van der Waals surface area contributed by atoms with E-state index in [4.69, 9.17) is 0 Å². The summed E-state index contributed by atoms with van der Waals surface area (Å²) in [6, 6.07) is 1.96. The number of aromatic nitrogens is 2. The lowest BCUT2D eigenvalue weighted by Crippen LogP contribution is -2.35. The maximum absolute atomic E-state index is 4.16. The van der Waals surface area contributed by atoms with Crippen LogP contribution in [-0.4, -0.2) is 22.9 Å². The van der Waals surface area contributed by atoms with Crippen molar-refractivity contribution in [2.45, 2.75) is 34.2 Å². The van der Waals surface area contributed by atoms with Gasteiger partial charge in [0.05, 0.1) is 6.54 Å². The number of nitrogens with zero attached hydrogens (tertiary/aromatic N) is 2. The third-order valence-electron chi connectivity index (χ3n) is 3.22. The molecule has 0 saturated heterocycles. The van der Waals surface area contributed by atoms with E-state index in [1.807, 2.05) is 23.1 Å². The zero-order valence-corrected chi connectivity index (χ0v) is 10.3. The van der Waals surface area contributed by atoms with E-state index in [2.05, 4.69) is 38.1 Å². The first kappa shape index (κ1) is 12.2. The van der Waals surface area contributed by atoms with Crippen LogP contribution in [0.1, 0.15) is 27.7 Å². The predicted molar refractivity (Wildman–Crippen MR) is 63.7 cm³/mol. The summed E-state index contributed by atoms with van der Waals surface area (Å²) in [6.45, 7) is 12.1. The van der Waals surface area contributed by atoms with Crippen molar-refractivity contribution >= 4 is 0 Å². The van der Waals surface area contributed by atoms with E-state index in [1.165, 1.54) is 0 Å². The minimum Gasteiger partial charge on any atom is -0.314 e. The van der Waals surface area contributed by atoms with E-state index < -0.39 is 0 Å². The molecule has 0 atom stereocenters. The lowest BCUT2D eigenvalue weighted by atomic mass is 9.81. The van der Waals surface area contributed by atoms with Crippen LogP contribution in [0.5, 0.6) is 0 Å². The van der Waals surface area contributed by atoms with Crippen molar-refractivity contribution in [1.82, 2.24) is 15.1 Å². The molecule has 1 rings (SSSR count). The molecule has 1 N–H and O–H groups in total. The summed E-state index contributed by atoms with van der Waals surface area (Å²) in [5, 5.41) is 7.65. The van der Waals surface area contributed by atoms with Crippen molar-refractivity contribution in [3.63, 3.8) is 0 Å². The Morgan fingerprint density at radius 3 is 2.67 bits per heavy atom. The van der Waals surface area contributed by atoms with Gasteiger partial charge in [0, 0.05) is 25.5 Å². The Balaban J connectivity index is 2.17. The minimum atomic E-state index is 0.365. The fourth-order valence-corrected chi connectivity index (χ4v) is 1.24. The van der Waals surface area contributed by atoms with Gasteiger partial charge in [0.1, 0.15) is 0 Å². The molecular formula is C12H23N3. The zero-order chi connectivity index (χ0) is 11.3. The molecule has 1 aromatic rings. The summed E-state index contributed by atoms with van der Waals surface area (Å²) in [4.78, 5) is 0. The first-order valence-electron chi connectivity index (χ1n) is 5.70. The Morgan fingerprint density at radius 1 is 1.40 bits per heavy atom. The molecular weight excluding hydrogens is 186 g/mol. The van der Waals surface area contributed by atoms with E-state index in [0.29, 0.717) is 11.3 Å². The van der Waals surface area contributed by atoms with Crippen molar-refractivity contribution < 1.29 is 0 Å². The van der Waals surface area contributed by atoms with Gasteiger partial charge >= 0.3 is 0 Å². The predicted octanol–water partition coefficient (Wildman–Crippen LogP) is 2.15. The molecule has 0 aliphatic rings. The van der Waals surface area contributed by atoms with E-state index >= 15 is 0 Å². The standard InChI is InChI=1S/C12H23N3/c1-11(2)12(3,4)10-13-7-9-15-8-5-6-14-15/h5-6,8,11,13H,7,9-10H2,1-4H3. The van der Waals surface area contributed by atoms with E-state index in [1.54, 1.807) is 0 Å². The third-order valence-corrected chi connectivity index (χ3v) is 3.22. The van der Waals surface area contributed by atoms with Crippen LogP contribution in [-0.2, 0) is 6.54 Å². The lowest BCUT2D eigenvalue weighted by molar-refractivity contribution is 0.237. The summed E-state index contributed by atoms with van der Waals surface area (Å²) >= 11 is 0. The molecule has 3 nitrogen and oxygen atoms in total. The van der Waals surface area contributed by atoms with Gasteiger partial charge in [-0.25, -0.2) is 0 Å². The third kappa shape index (κ3) is 4.04. The average Bonchev–Trinajstić information content (AvgIpc) is 2.64. The van der Waals surface area contributed by atoms with Crippen molar-refractivity contribution in [2.75, 3.05) is 13.1 Å². The Bertz CT molecular complexity index is 262. The van der Waals surface area contributed by atoms with Gasteiger partial charge in [0.25, 0.3) is 0 Å². The SMILES string of the molecule is CC(C)C(C)(C)CNCCn1cccn1. The zero-order valence-electron chi connectivity index (χ0n) is 10.3. The van der Waals surface area contributed by atoms with E-state index in [0.717, 1.165) is 19.6 Å². The van der Waals surface area contributed by atoms with Gasteiger partial charge in [0.15, 0.2) is 0 Å². The Morgan fingerprint density at radius 2 is 2.13 bits per heavy atom. The molecule has 0 unspecified atom stereocenters. The summed E-state index contributed by atoms with van der Waals surface area (Å²) in [6.07, 6.45) is 3.81. The number of hydrogen-bond donors (Lipinski definition) is 1. The van der Waals surface area contributed by atoms with Crippen molar-refractivity contribution in [3.8, 4) is 0 Å². The molecule has 1 aromatic heterocycles. The topological polar surface area (TPSA) is 29.9 Å². The second-order valence-electron chi connectivity index (χ2n) is 5.09. The number of rotatable bonds is 6. The molecule has 0 aliphatic carbocycles. The van der Waals surface area contributed by atoms with Crippen LogP contribution in [0, 0.1) is 11.3 Å². The summed E-state index contributed by atoms with van der Waals surface area (Å²) in [7, 11) is 0. The highest BCUT2D eigenvalue weighted by Crippen LogP contribution is 2.24. The largest absolute Gasteiger partial charge is 0.314 e. The van der Waals surface area contributed by atoms with E-state index in [-0.39, 0.29) is 0 Å². The van der Waals surface area contributed by atoms with Crippen LogP contribution >= 0.6 is 0 Å². The van der Waals surface area contributed by atoms with Crippen LogP contribution in [0.4, 0.5) is 0 Å². The fourth-order valence-electron chi connectivity index (χ4n) is 1.24. The summed E-state index contributed by atoms with van der Waals surface area (Å²) in [5.41, 5.74) is 0.365. The normalized spacial score (nSPS) is 12.3. The van der Waals surface area contributed by atoms with Crippen molar-refractivity contribution in [2.24, 2.45) is 11.3 Å².